The van der Waals surface area contributed by atoms with Crippen LogP contribution in [0.4, 0.5) is 18.9 Å². The van der Waals surface area contributed by atoms with E-state index in [0.717, 1.165) is 28.6 Å². The lowest BCUT2D eigenvalue weighted by molar-refractivity contribution is -0.137. The molecule has 146 valence electrons. The summed E-state index contributed by atoms with van der Waals surface area (Å²) in [5.41, 5.74) is 1.98. The number of amides is 1. The topological polar surface area (TPSA) is 46.9 Å². The average molecular weight is 395 g/mol. The van der Waals surface area contributed by atoms with Crippen LogP contribution in [0.5, 0.6) is 0 Å². The number of carbonyl (C=O) groups excluding carboxylic acids is 1. The Kier molecular flexibility index (Phi) is 4.80. The molecule has 0 aliphatic carbocycles. The van der Waals surface area contributed by atoms with Crippen LogP contribution in [0.3, 0.4) is 0 Å². The van der Waals surface area contributed by atoms with Gasteiger partial charge in [-0.25, -0.2) is 0 Å². The molecule has 1 amide bonds. The molecule has 4 nitrogen and oxygen atoms in total. The summed E-state index contributed by atoms with van der Waals surface area (Å²) in [5, 5.41) is 3.73. The van der Waals surface area contributed by atoms with Gasteiger partial charge in [-0.2, -0.15) is 13.2 Å². The molecule has 0 atom stereocenters. The summed E-state index contributed by atoms with van der Waals surface area (Å²) in [7, 11) is 0. The molecular weight excluding hydrogens is 379 g/mol. The lowest BCUT2D eigenvalue weighted by Gasteiger charge is -2.09. The molecular formula is C22H16F3N3O. The highest BCUT2D eigenvalue weighted by molar-refractivity contribution is 6.09. The van der Waals surface area contributed by atoms with Gasteiger partial charge in [0.2, 0.25) is 0 Å². The Morgan fingerprint density at radius 2 is 1.76 bits per heavy atom. The third kappa shape index (κ3) is 3.99. The third-order valence-electron chi connectivity index (χ3n) is 4.59. The van der Waals surface area contributed by atoms with Gasteiger partial charge in [-0.3, -0.25) is 9.78 Å². The number of nitrogens with zero attached hydrogens (tertiary/aromatic N) is 2. The largest absolute Gasteiger partial charge is 0.416 e. The Hall–Kier alpha value is -3.61. The lowest BCUT2D eigenvalue weighted by atomic mass is 10.1. The maximum Gasteiger partial charge on any atom is 0.416 e. The van der Waals surface area contributed by atoms with E-state index in [4.69, 9.17) is 0 Å². The Labute approximate surface area is 164 Å². The van der Waals surface area contributed by atoms with Crippen molar-refractivity contribution in [1.82, 2.24) is 9.55 Å². The van der Waals surface area contributed by atoms with Crippen molar-refractivity contribution in [2.24, 2.45) is 0 Å². The van der Waals surface area contributed by atoms with E-state index in [2.05, 4.69) is 10.3 Å². The fourth-order valence-corrected chi connectivity index (χ4v) is 3.16. The number of nitrogens with one attached hydrogen (secondary N) is 1. The van der Waals surface area contributed by atoms with Crippen molar-refractivity contribution in [1.29, 1.82) is 0 Å². The first kappa shape index (κ1) is 18.7. The minimum absolute atomic E-state index is 0.282. The number of aromatic nitrogens is 2. The monoisotopic (exact) mass is 395 g/mol. The zero-order valence-corrected chi connectivity index (χ0v) is 15.1. The number of benzene rings is 2. The molecule has 2 aromatic carbocycles. The number of para-hydroxylation sites is 1. The van der Waals surface area contributed by atoms with E-state index in [1.807, 2.05) is 28.8 Å². The van der Waals surface area contributed by atoms with E-state index < -0.39 is 11.7 Å². The average Bonchev–Trinajstić information content (AvgIpc) is 3.06. The molecule has 2 aromatic heterocycles. The van der Waals surface area contributed by atoms with Crippen LogP contribution in [0.15, 0.2) is 79.3 Å². The van der Waals surface area contributed by atoms with E-state index >= 15 is 0 Å². The Morgan fingerprint density at radius 1 is 1.00 bits per heavy atom. The maximum absolute atomic E-state index is 12.8. The first-order chi connectivity index (χ1) is 13.9. The van der Waals surface area contributed by atoms with Crippen molar-refractivity contribution in [3.8, 4) is 0 Å². The van der Waals surface area contributed by atoms with Gasteiger partial charge in [-0.15, -0.1) is 0 Å². The standard InChI is InChI=1S/C22H16F3N3O/c23-22(24,25)17-9-7-15(8-10-17)13-28-14-19(18-5-1-2-6-20(18)28)27-21(29)16-4-3-11-26-12-16/h1-12,14H,13H2,(H,27,29). The van der Waals surface area contributed by atoms with E-state index in [0.29, 0.717) is 17.8 Å². The van der Waals surface area contributed by atoms with Crippen LogP contribution in [0.25, 0.3) is 10.9 Å². The number of halogens is 3. The van der Waals surface area contributed by atoms with E-state index in [1.54, 1.807) is 24.5 Å². The zero-order valence-electron chi connectivity index (χ0n) is 15.1. The van der Waals surface area contributed by atoms with Gasteiger partial charge in [0, 0.05) is 30.5 Å². The number of rotatable bonds is 4. The Bertz CT molecular complexity index is 1150. The predicted molar refractivity (Wildman–Crippen MR) is 105 cm³/mol. The summed E-state index contributed by atoms with van der Waals surface area (Å²) in [6, 6.07) is 16.0. The summed E-state index contributed by atoms with van der Waals surface area (Å²) in [5.74, 6) is -0.282. The summed E-state index contributed by atoms with van der Waals surface area (Å²) in [4.78, 5) is 16.4. The number of hydrogen-bond donors (Lipinski definition) is 1. The molecule has 29 heavy (non-hydrogen) atoms. The van der Waals surface area contributed by atoms with Gasteiger partial charge in [0.15, 0.2) is 0 Å². The number of alkyl halides is 3. The molecule has 7 heteroatoms. The predicted octanol–water partition coefficient (Wildman–Crippen LogP) is 5.36. The fraction of sp³-hybridized carbons (Fsp3) is 0.0909. The van der Waals surface area contributed by atoms with E-state index in [1.165, 1.54) is 18.3 Å². The van der Waals surface area contributed by atoms with Gasteiger partial charge in [0.1, 0.15) is 0 Å². The van der Waals surface area contributed by atoms with Gasteiger partial charge in [0.05, 0.1) is 22.3 Å². The van der Waals surface area contributed by atoms with Crippen molar-refractivity contribution in [3.63, 3.8) is 0 Å². The molecule has 4 aromatic rings. The minimum atomic E-state index is -4.36. The summed E-state index contributed by atoms with van der Waals surface area (Å²) >= 11 is 0. The number of pyridine rings is 1. The highest BCUT2D eigenvalue weighted by atomic mass is 19.4. The normalized spacial score (nSPS) is 11.6. The van der Waals surface area contributed by atoms with Crippen molar-refractivity contribution in [2.45, 2.75) is 12.7 Å². The highest BCUT2D eigenvalue weighted by Crippen LogP contribution is 2.30. The Morgan fingerprint density at radius 3 is 2.45 bits per heavy atom. The number of anilines is 1. The second kappa shape index (κ2) is 7.43. The van der Waals surface area contributed by atoms with Crippen LogP contribution in [0.2, 0.25) is 0 Å². The fourth-order valence-electron chi connectivity index (χ4n) is 3.16. The minimum Gasteiger partial charge on any atom is -0.341 e. The van der Waals surface area contributed by atoms with Gasteiger partial charge in [-0.1, -0.05) is 30.3 Å². The highest BCUT2D eigenvalue weighted by Gasteiger charge is 2.29. The Balaban J connectivity index is 1.63. The molecule has 0 aliphatic heterocycles. The van der Waals surface area contributed by atoms with Gasteiger partial charge >= 0.3 is 6.18 Å². The second-order valence-electron chi connectivity index (χ2n) is 6.58. The number of fused-ring (bicyclic) bond motifs is 1. The lowest BCUT2D eigenvalue weighted by Crippen LogP contribution is -2.11. The van der Waals surface area contributed by atoms with E-state index in [-0.39, 0.29) is 5.91 Å². The molecule has 0 fully saturated rings. The van der Waals surface area contributed by atoms with Gasteiger partial charge in [0.25, 0.3) is 5.91 Å². The molecule has 0 spiro atoms. The van der Waals surface area contributed by atoms with Crippen LogP contribution in [0.1, 0.15) is 21.5 Å². The molecule has 0 saturated carbocycles. The molecule has 0 radical (unpaired) electrons. The SMILES string of the molecule is O=C(Nc1cn(Cc2ccc(C(F)(F)F)cc2)c2ccccc12)c1cccnc1. The first-order valence-corrected chi connectivity index (χ1v) is 8.87. The van der Waals surface area contributed by atoms with E-state index in [9.17, 15) is 18.0 Å². The summed E-state index contributed by atoms with van der Waals surface area (Å²) in [6.45, 7) is 0.376. The maximum atomic E-state index is 12.8. The molecule has 2 heterocycles. The van der Waals surface area contributed by atoms with Crippen LogP contribution in [0, 0.1) is 0 Å². The number of hydrogen-bond acceptors (Lipinski definition) is 2. The van der Waals surface area contributed by atoms with Crippen LogP contribution in [-0.4, -0.2) is 15.5 Å². The van der Waals surface area contributed by atoms with Gasteiger partial charge in [-0.05, 0) is 35.9 Å². The van der Waals surface area contributed by atoms with Crippen molar-refractivity contribution < 1.29 is 18.0 Å². The third-order valence-corrected chi connectivity index (χ3v) is 4.59. The quantitative estimate of drug-likeness (QED) is 0.506. The smallest absolute Gasteiger partial charge is 0.341 e. The summed E-state index contributed by atoms with van der Waals surface area (Å²) < 4.78 is 40.2. The first-order valence-electron chi connectivity index (χ1n) is 8.87. The zero-order chi connectivity index (χ0) is 20.4. The van der Waals surface area contributed by atoms with Crippen LogP contribution in [-0.2, 0) is 12.7 Å². The molecule has 0 bridgehead atoms. The van der Waals surface area contributed by atoms with Gasteiger partial charge < -0.3 is 9.88 Å². The molecule has 0 unspecified atom stereocenters. The van der Waals surface area contributed by atoms with Crippen molar-refractivity contribution in [3.05, 3.63) is 95.9 Å². The van der Waals surface area contributed by atoms with Crippen LogP contribution < -0.4 is 5.32 Å². The molecule has 1 N–H and O–H groups in total. The number of carbonyl (C=O) groups is 1. The molecule has 4 rings (SSSR count). The van der Waals surface area contributed by atoms with Crippen molar-refractivity contribution in [2.75, 3.05) is 5.32 Å². The second-order valence-corrected chi connectivity index (χ2v) is 6.58. The van der Waals surface area contributed by atoms with Crippen molar-refractivity contribution >= 4 is 22.5 Å². The summed E-state index contributed by atoms with van der Waals surface area (Å²) in [6.07, 6.45) is 0.502. The molecule has 0 aliphatic rings. The molecule has 0 saturated heterocycles. The van der Waals surface area contributed by atoms with Crippen LogP contribution >= 0.6 is 0 Å².